The van der Waals surface area contributed by atoms with E-state index in [1.165, 1.54) is 32.7 Å². The van der Waals surface area contributed by atoms with Gasteiger partial charge in [-0.1, -0.05) is 83.9 Å². The molecule has 0 aliphatic rings. The molecular formula is C22H20. The van der Waals surface area contributed by atoms with Crippen molar-refractivity contribution in [1.29, 1.82) is 0 Å². The molecule has 0 aliphatic carbocycles. The Morgan fingerprint density at radius 1 is 0.409 bits per heavy atom. The molecule has 0 atom stereocenters. The number of hydrogen-bond donors (Lipinski definition) is 0. The second-order valence-electron chi connectivity index (χ2n) is 5.70. The lowest BCUT2D eigenvalue weighted by Gasteiger charge is -2.02. The summed E-state index contributed by atoms with van der Waals surface area (Å²) in [5.41, 5.74) is 2.64. The van der Waals surface area contributed by atoms with E-state index in [-0.39, 0.29) is 0 Å². The molecule has 4 aromatic carbocycles. The fourth-order valence-corrected chi connectivity index (χ4v) is 2.59. The third kappa shape index (κ3) is 3.35. The maximum atomic E-state index is 2.26. The minimum absolute atomic E-state index is 1.31. The van der Waals surface area contributed by atoms with Gasteiger partial charge in [0.2, 0.25) is 0 Å². The normalized spacial score (nSPS) is 10.3. The molecule has 0 nitrogen and oxygen atoms in total. The van der Waals surface area contributed by atoms with Gasteiger partial charge < -0.3 is 0 Å². The number of rotatable bonds is 0. The smallest absolute Gasteiger partial charge is 0.0175 e. The zero-order valence-corrected chi connectivity index (χ0v) is 13.1. The molecule has 0 unspecified atom stereocenters. The largest absolute Gasteiger partial charge is 0.0622 e. The minimum Gasteiger partial charge on any atom is -0.0622 e. The third-order valence-electron chi connectivity index (χ3n) is 3.80. The molecule has 0 aliphatic heterocycles. The van der Waals surface area contributed by atoms with Crippen LogP contribution in [0.1, 0.15) is 11.1 Å². The van der Waals surface area contributed by atoms with E-state index >= 15 is 0 Å². The number of aryl methyl sites for hydroxylation is 2. The van der Waals surface area contributed by atoms with E-state index in [1.54, 1.807) is 0 Å². The van der Waals surface area contributed by atoms with Crippen molar-refractivity contribution < 1.29 is 0 Å². The van der Waals surface area contributed by atoms with Gasteiger partial charge in [0.1, 0.15) is 0 Å². The van der Waals surface area contributed by atoms with Crippen molar-refractivity contribution in [2.75, 3.05) is 0 Å². The van der Waals surface area contributed by atoms with E-state index in [4.69, 9.17) is 0 Å². The zero-order chi connectivity index (χ0) is 15.4. The van der Waals surface area contributed by atoms with Crippen molar-refractivity contribution in [2.24, 2.45) is 0 Å². The highest BCUT2D eigenvalue weighted by atomic mass is 14.0. The van der Waals surface area contributed by atoms with Crippen LogP contribution >= 0.6 is 0 Å². The third-order valence-corrected chi connectivity index (χ3v) is 3.80. The van der Waals surface area contributed by atoms with Gasteiger partial charge in [0, 0.05) is 0 Å². The van der Waals surface area contributed by atoms with Gasteiger partial charge in [0.15, 0.2) is 0 Å². The molecule has 0 saturated heterocycles. The van der Waals surface area contributed by atoms with Gasteiger partial charge in [-0.05, 0) is 47.5 Å². The van der Waals surface area contributed by atoms with Crippen LogP contribution in [0.3, 0.4) is 0 Å². The quantitative estimate of drug-likeness (QED) is 0.332. The first-order valence-electron chi connectivity index (χ1n) is 7.63. The molecule has 0 saturated carbocycles. The van der Waals surface area contributed by atoms with Gasteiger partial charge in [-0.2, -0.15) is 0 Å². The van der Waals surface area contributed by atoms with Crippen LogP contribution in [0.4, 0.5) is 0 Å². The Kier molecular flexibility index (Phi) is 4.20. The lowest BCUT2D eigenvalue weighted by atomic mass is 10.0. The summed E-state index contributed by atoms with van der Waals surface area (Å²) in [6, 6.07) is 29.9. The van der Waals surface area contributed by atoms with E-state index in [9.17, 15) is 0 Å². The van der Waals surface area contributed by atoms with Crippen LogP contribution in [-0.2, 0) is 0 Å². The van der Waals surface area contributed by atoms with Gasteiger partial charge in [0.25, 0.3) is 0 Å². The molecule has 0 heteroatoms. The van der Waals surface area contributed by atoms with Crippen molar-refractivity contribution in [3.8, 4) is 0 Å². The number of fused-ring (bicyclic) bond motifs is 2. The Morgan fingerprint density at radius 2 is 0.955 bits per heavy atom. The molecule has 4 rings (SSSR count). The summed E-state index contributed by atoms with van der Waals surface area (Å²) in [7, 11) is 0. The van der Waals surface area contributed by atoms with E-state index in [0.717, 1.165) is 0 Å². The first-order valence-corrected chi connectivity index (χ1v) is 7.63. The van der Waals surface area contributed by atoms with Gasteiger partial charge in [0.05, 0.1) is 0 Å². The Morgan fingerprint density at radius 3 is 1.55 bits per heavy atom. The van der Waals surface area contributed by atoms with Crippen LogP contribution in [0, 0.1) is 13.8 Å². The molecule has 0 N–H and O–H groups in total. The monoisotopic (exact) mass is 284 g/mol. The second-order valence-corrected chi connectivity index (χ2v) is 5.70. The molecule has 0 spiro atoms. The molecule has 4 aromatic rings. The number of hydrogen-bond acceptors (Lipinski definition) is 0. The molecule has 0 aromatic heterocycles. The van der Waals surface area contributed by atoms with Crippen molar-refractivity contribution in [3.05, 3.63) is 96.1 Å². The highest BCUT2D eigenvalue weighted by Gasteiger charge is 1.97. The lowest BCUT2D eigenvalue weighted by molar-refractivity contribution is 1.48. The number of benzene rings is 4. The Labute approximate surface area is 132 Å². The fraction of sp³-hybridized carbons (Fsp3) is 0.0909. The minimum atomic E-state index is 1.31. The van der Waals surface area contributed by atoms with Crippen LogP contribution in [-0.4, -0.2) is 0 Å². The summed E-state index contributed by atoms with van der Waals surface area (Å²) < 4.78 is 0. The van der Waals surface area contributed by atoms with Crippen molar-refractivity contribution in [2.45, 2.75) is 13.8 Å². The van der Waals surface area contributed by atoms with Gasteiger partial charge in [-0.3, -0.25) is 0 Å². The Balaban J connectivity index is 0.000000174. The molecule has 22 heavy (non-hydrogen) atoms. The molecule has 0 bridgehead atoms. The predicted molar refractivity (Wildman–Crippen MR) is 97.4 cm³/mol. The Hall–Kier alpha value is -2.60. The molecule has 0 amide bonds. The highest BCUT2D eigenvalue weighted by Crippen LogP contribution is 2.23. The van der Waals surface area contributed by atoms with Crippen LogP contribution in [0.5, 0.6) is 0 Å². The van der Waals surface area contributed by atoms with Crippen LogP contribution < -0.4 is 0 Å². The summed E-state index contributed by atoms with van der Waals surface area (Å²) in [5, 5.41) is 5.28. The predicted octanol–water partition coefficient (Wildman–Crippen LogP) is 6.30. The zero-order valence-electron chi connectivity index (χ0n) is 13.1. The van der Waals surface area contributed by atoms with Crippen LogP contribution in [0.25, 0.3) is 21.5 Å². The topological polar surface area (TPSA) is 0 Å². The average molecular weight is 284 g/mol. The van der Waals surface area contributed by atoms with E-state index < -0.39 is 0 Å². The summed E-state index contributed by atoms with van der Waals surface area (Å²) in [4.78, 5) is 0. The molecule has 108 valence electrons. The standard InChI is InChI=1S/C15H12.C7H8/c1-11-6-7-14-9-12-4-2-3-5-13(12)10-15(14)8-11;1-7-5-3-2-4-6-7/h2-10H,1H3;2-6H,1H3. The second kappa shape index (κ2) is 6.44. The van der Waals surface area contributed by atoms with E-state index in [0.29, 0.717) is 0 Å². The highest BCUT2D eigenvalue weighted by molar-refractivity contribution is 5.98. The van der Waals surface area contributed by atoms with Crippen molar-refractivity contribution in [3.63, 3.8) is 0 Å². The van der Waals surface area contributed by atoms with Crippen molar-refractivity contribution >= 4 is 21.5 Å². The molecule has 0 fully saturated rings. The Bertz CT molecular complexity index is 889. The van der Waals surface area contributed by atoms with Crippen LogP contribution in [0.15, 0.2) is 84.9 Å². The van der Waals surface area contributed by atoms with E-state index in [2.05, 4.69) is 80.6 Å². The summed E-state index contributed by atoms with van der Waals surface area (Å²) >= 11 is 0. The van der Waals surface area contributed by atoms with Crippen LogP contribution in [0.2, 0.25) is 0 Å². The van der Waals surface area contributed by atoms with Gasteiger partial charge in [-0.25, -0.2) is 0 Å². The maximum absolute atomic E-state index is 2.26. The lowest BCUT2D eigenvalue weighted by Crippen LogP contribution is -1.77. The van der Waals surface area contributed by atoms with E-state index in [1.807, 2.05) is 18.2 Å². The first kappa shape index (κ1) is 14.3. The fourth-order valence-electron chi connectivity index (χ4n) is 2.59. The average Bonchev–Trinajstić information content (AvgIpc) is 2.54. The van der Waals surface area contributed by atoms with Crippen molar-refractivity contribution in [1.82, 2.24) is 0 Å². The summed E-state index contributed by atoms with van der Waals surface area (Å²) in [6.07, 6.45) is 0. The maximum Gasteiger partial charge on any atom is -0.0175 e. The molecule has 0 radical (unpaired) electrons. The summed E-state index contributed by atoms with van der Waals surface area (Å²) in [5.74, 6) is 0. The molecule has 0 heterocycles. The molecular weight excluding hydrogens is 264 g/mol. The van der Waals surface area contributed by atoms with Gasteiger partial charge >= 0.3 is 0 Å². The first-order chi connectivity index (χ1) is 10.7. The summed E-state index contributed by atoms with van der Waals surface area (Å²) in [6.45, 7) is 4.22. The van der Waals surface area contributed by atoms with Gasteiger partial charge in [-0.15, -0.1) is 0 Å². The SMILES string of the molecule is Cc1ccc2cc3ccccc3cc2c1.Cc1ccccc1.